The number of hydrogen-bond donors (Lipinski definition) is 2. The van der Waals surface area contributed by atoms with Crippen LogP contribution in [0.25, 0.3) is 0 Å². The van der Waals surface area contributed by atoms with Crippen LogP contribution in [0.4, 0.5) is 9.18 Å². The van der Waals surface area contributed by atoms with E-state index in [9.17, 15) is 9.18 Å². The third-order valence-corrected chi connectivity index (χ3v) is 5.40. The molecule has 1 saturated heterocycles. The molecule has 2 atom stereocenters. The summed E-state index contributed by atoms with van der Waals surface area (Å²) in [7, 11) is 0. The number of benzene rings is 1. The minimum atomic E-state index is -0.473. The highest BCUT2D eigenvalue weighted by Crippen LogP contribution is 2.40. The fourth-order valence-corrected chi connectivity index (χ4v) is 4.10. The number of aromatic amines is 1. The summed E-state index contributed by atoms with van der Waals surface area (Å²) in [4.78, 5) is 14.8. The number of carbonyl (C=O) groups is 1. The molecule has 2 aliphatic rings. The first-order valence-corrected chi connectivity index (χ1v) is 9.44. The number of H-pyrrole nitrogens is 1. The van der Waals surface area contributed by atoms with Gasteiger partial charge < -0.3 is 15.0 Å². The molecular weight excluding hydrogens is 347 g/mol. The minimum absolute atomic E-state index is 0.0859. The van der Waals surface area contributed by atoms with Crippen molar-refractivity contribution in [1.29, 1.82) is 0 Å². The lowest BCUT2D eigenvalue weighted by molar-refractivity contribution is 0.0656. The van der Waals surface area contributed by atoms with Crippen molar-refractivity contribution in [1.82, 2.24) is 20.4 Å². The van der Waals surface area contributed by atoms with Gasteiger partial charge in [-0.2, -0.15) is 5.10 Å². The Kier molecular flexibility index (Phi) is 4.53. The van der Waals surface area contributed by atoms with Crippen LogP contribution in [0.2, 0.25) is 0 Å². The lowest BCUT2D eigenvalue weighted by atomic mass is 9.89. The predicted molar refractivity (Wildman–Crippen MR) is 99.1 cm³/mol. The second-order valence-electron chi connectivity index (χ2n) is 8.05. The van der Waals surface area contributed by atoms with Crippen molar-refractivity contribution in [3.63, 3.8) is 0 Å². The van der Waals surface area contributed by atoms with Gasteiger partial charge in [0.25, 0.3) is 0 Å². The van der Waals surface area contributed by atoms with Gasteiger partial charge in [0.2, 0.25) is 0 Å². The maximum Gasteiger partial charge on any atom is 0.317 e. The summed E-state index contributed by atoms with van der Waals surface area (Å²) in [6.07, 6.45) is 4.38. The van der Waals surface area contributed by atoms with Crippen molar-refractivity contribution in [2.45, 2.75) is 50.7 Å². The zero-order valence-corrected chi connectivity index (χ0v) is 15.7. The molecule has 2 unspecified atom stereocenters. The van der Waals surface area contributed by atoms with Crippen LogP contribution in [0.1, 0.15) is 56.3 Å². The number of carbonyl (C=O) groups excluding carboxylic acids is 1. The number of hydrogen-bond acceptors (Lipinski definition) is 3. The van der Waals surface area contributed by atoms with E-state index in [1.165, 1.54) is 12.1 Å². The van der Waals surface area contributed by atoms with E-state index in [4.69, 9.17) is 4.74 Å². The molecule has 0 bridgehead atoms. The van der Waals surface area contributed by atoms with Crippen molar-refractivity contribution in [2.24, 2.45) is 0 Å². The first kappa shape index (κ1) is 17.8. The zero-order valence-electron chi connectivity index (χ0n) is 15.7. The number of nitrogens with one attached hydrogen (secondary N) is 2. The number of urea groups is 1. The van der Waals surface area contributed by atoms with Crippen LogP contribution in [0.15, 0.2) is 30.5 Å². The van der Waals surface area contributed by atoms with Crippen LogP contribution in [0.5, 0.6) is 5.75 Å². The quantitative estimate of drug-likeness (QED) is 0.844. The predicted octanol–water partition coefficient (Wildman–Crippen LogP) is 3.74. The van der Waals surface area contributed by atoms with E-state index in [-0.39, 0.29) is 23.8 Å². The Morgan fingerprint density at radius 2 is 2.26 bits per heavy atom. The molecule has 27 heavy (non-hydrogen) atoms. The van der Waals surface area contributed by atoms with Crippen molar-refractivity contribution >= 4 is 6.03 Å². The molecule has 2 amide bonds. The Morgan fingerprint density at radius 1 is 1.41 bits per heavy atom. The van der Waals surface area contributed by atoms with Crippen molar-refractivity contribution in [3.8, 4) is 5.75 Å². The second-order valence-corrected chi connectivity index (χ2v) is 8.05. The minimum Gasteiger partial charge on any atom is -0.487 e. The van der Waals surface area contributed by atoms with E-state index in [0.717, 1.165) is 30.6 Å². The third-order valence-electron chi connectivity index (χ3n) is 5.40. The molecular formula is C20H25FN4O2. The summed E-state index contributed by atoms with van der Waals surface area (Å²) < 4.78 is 19.5. The Labute approximate surface area is 158 Å². The number of nitrogens with zero attached hydrogens (tertiary/aromatic N) is 2. The van der Waals surface area contributed by atoms with Gasteiger partial charge in [-0.15, -0.1) is 0 Å². The summed E-state index contributed by atoms with van der Waals surface area (Å²) in [5, 5.41) is 10.2. The van der Waals surface area contributed by atoms with Gasteiger partial charge in [0.15, 0.2) is 0 Å². The highest BCUT2D eigenvalue weighted by Gasteiger charge is 2.36. The molecule has 6 nitrogen and oxygen atoms in total. The Morgan fingerprint density at radius 3 is 3.04 bits per heavy atom. The lowest BCUT2D eigenvalue weighted by Gasteiger charge is -2.39. The normalized spacial score (nSPS) is 24.0. The maximum absolute atomic E-state index is 13.6. The van der Waals surface area contributed by atoms with Gasteiger partial charge in [-0.05, 0) is 38.8 Å². The molecule has 0 spiro atoms. The molecule has 0 aliphatic carbocycles. The number of rotatable bonds is 2. The highest BCUT2D eigenvalue weighted by molar-refractivity contribution is 5.75. The van der Waals surface area contributed by atoms with Gasteiger partial charge >= 0.3 is 6.03 Å². The SMILES string of the molecule is CC1(C)CC(NC(=O)N2CCCC(c3ccn[nH]3)C2)c2ccc(F)cc2O1. The van der Waals surface area contributed by atoms with Gasteiger partial charge in [0.1, 0.15) is 17.2 Å². The molecule has 4 rings (SSSR count). The number of piperidine rings is 1. The van der Waals surface area contributed by atoms with Crippen LogP contribution in [-0.4, -0.2) is 39.8 Å². The third kappa shape index (κ3) is 3.77. The maximum atomic E-state index is 13.6. The molecule has 0 radical (unpaired) electrons. The fraction of sp³-hybridized carbons (Fsp3) is 0.500. The molecule has 144 valence electrons. The molecule has 3 heterocycles. The van der Waals surface area contributed by atoms with Crippen LogP contribution in [-0.2, 0) is 0 Å². The van der Waals surface area contributed by atoms with Gasteiger partial charge in [0, 0.05) is 48.9 Å². The summed E-state index contributed by atoms with van der Waals surface area (Å²) in [5.41, 5.74) is 1.42. The monoisotopic (exact) mass is 372 g/mol. The van der Waals surface area contributed by atoms with Gasteiger partial charge in [-0.25, -0.2) is 9.18 Å². The Hall–Kier alpha value is -2.57. The zero-order chi connectivity index (χ0) is 19.0. The standard InChI is InChI=1S/C20H25FN4O2/c1-20(2)11-17(15-6-5-14(21)10-18(15)27-20)23-19(26)25-9-3-4-13(12-25)16-7-8-22-24-16/h5-8,10,13,17H,3-4,9,11-12H2,1-2H3,(H,22,24)(H,23,26). The summed E-state index contributed by atoms with van der Waals surface area (Å²) in [6, 6.07) is 6.19. The van der Waals surface area contributed by atoms with Crippen LogP contribution in [0.3, 0.4) is 0 Å². The smallest absolute Gasteiger partial charge is 0.317 e. The Balaban J connectivity index is 1.49. The van der Waals surface area contributed by atoms with E-state index in [1.54, 1.807) is 12.3 Å². The molecule has 2 N–H and O–H groups in total. The van der Waals surface area contributed by atoms with Gasteiger partial charge in [-0.1, -0.05) is 6.07 Å². The van der Waals surface area contributed by atoms with Crippen LogP contribution < -0.4 is 10.1 Å². The molecule has 2 aliphatic heterocycles. The largest absolute Gasteiger partial charge is 0.487 e. The highest BCUT2D eigenvalue weighted by atomic mass is 19.1. The summed E-state index contributed by atoms with van der Waals surface area (Å²) >= 11 is 0. The van der Waals surface area contributed by atoms with E-state index in [1.807, 2.05) is 24.8 Å². The number of aromatic nitrogens is 2. The van der Waals surface area contributed by atoms with Crippen molar-refractivity contribution in [2.75, 3.05) is 13.1 Å². The summed E-state index contributed by atoms with van der Waals surface area (Å²) in [6.45, 7) is 5.31. The van der Waals surface area contributed by atoms with Crippen molar-refractivity contribution < 1.29 is 13.9 Å². The number of ether oxygens (including phenoxy) is 1. The molecule has 1 aromatic carbocycles. The Bertz CT molecular complexity index is 821. The van der Waals surface area contributed by atoms with Crippen molar-refractivity contribution in [3.05, 3.63) is 47.5 Å². The van der Waals surface area contributed by atoms with E-state index < -0.39 is 5.60 Å². The van der Waals surface area contributed by atoms with E-state index in [0.29, 0.717) is 18.7 Å². The van der Waals surface area contributed by atoms with Crippen LogP contribution in [0, 0.1) is 5.82 Å². The molecule has 2 aromatic rings. The molecule has 7 heteroatoms. The average molecular weight is 372 g/mol. The molecule has 1 aromatic heterocycles. The lowest BCUT2D eigenvalue weighted by Crippen LogP contribution is -2.48. The first-order chi connectivity index (χ1) is 12.9. The number of halogens is 1. The molecule has 0 saturated carbocycles. The number of fused-ring (bicyclic) bond motifs is 1. The van der Waals surface area contributed by atoms with E-state index >= 15 is 0 Å². The van der Waals surface area contributed by atoms with Crippen LogP contribution >= 0.6 is 0 Å². The van der Waals surface area contributed by atoms with Gasteiger partial charge in [-0.3, -0.25) is 5.10 Å². The van der Waals surface area contributed by atoms with E-state index in [2.05, 4.69) is 15.5 Å². The average Bonchev–Trinajstić information content (AvgIpc) is 3.15. The van der Waals surface area contributed by atoms with Gasteiger partial charge in [0.05, 0.1) is 6.04 Å². The number of amides is 2. The fourth-order valence-electron chi connectivity index (χ4n) is 4.10. The topological polar surface area (TPSA) is 70.2 Å². The summed E-state index contributed by atoms with van der Waals surface area (Å²) in [5.74, 6) is 0.444. The first-order valence-electron chi connectivity index (χ1n) is 9.44. The number of likely N-dealkylation sites (tertiary alicyclic amines) is 1. The molecule has 1 fully saturated rings. The second kappa shape index (κ2) is 6.87.